The summed E-state index contributed by atoms with van der Waals surface area (Å²) in [6.45, 7) is 7.69. The average molecular weight is 444 g/mol. The Morgan fingerprint density at radius 1 is 1.42 bits per heavy atom. The molecule has 12 heteroatoms. The number of esters is 1. The van der Waals surface area contributed by atoms with Crippen molar-refractivity contribution in [1.82, 2.24) is 0 Å². The van der Waals surface area contributed by atoms with Crippen molar-refractivity contribution < 1.29 is 23.7 Å². The normalized spacial score (nSPS) is 30.5. The summed E-state index contributed by atoms with van der Waals surface area (Å²) in [6.07, 6.45) is -1.21. The third-order valence-corrected chi connectivity index (χ3v) is 6.68. The molecule has 26 heavy (non-hydrogen) atoms. The first kappa shape index (κ1) is 24.2. The van der Waals surface area contributed by atoms with E-state index in [-0.39, 0.29) is 23.6 Å². The predicted molar refractivity (Wildman–Crippen MR) is 108 cm³/mol. The van der Waals surface area contributed by atoms with Crippen molar-refractivity contribution in [2.24, 2.45) is 11.8 Å². The zero-order valence-corrected chi connectivity index (χ0v) is 18.4. The van der Waals surface area contributed by atoms with Crippen LogP contribution >= 0.6 is 43.3 Å². The van der Waals surface area contributed by atoms with Crippen LogP contribution in [0.4, 0.5) is 0 Å². The van der Waals surface area contributed by atoms with Crippen molar-refractivity contribution in [1.29, 1.82) is 5.41 Å². The van der Waals surface area contributed by atoms with Gasteiger partial charge in [0.05, 0.1) is 0 Å². The second kappa shape index (κ2) is 10.6. The monoisotopic (exact) mass is 443 g/mol. The maximum absolute atomic E-state index is 11.6. The molecule has 1 heterocycles. The summed E-state index contributed by atoms with van der Waals surface area (Å²) >= 11 is 17.1. The number of ether oxygens (including phenoxy) is 3. The van der Waals surface area contributed by atoms with Crippen LogP contribution in [0, 0.1) is 17.2 Å². The molecule has 1 fully saturated rings. The van der Waals surface area contributed by atoms with E-state index in [9.17, 15) is 9.50 Å². The van der Waals surface area contributed by atoms with E-state index in [1.54, 1.807) is 0 Å². The van der Waals surface area contributed by atoms with Crippen molar-refractivity contribution in [3.63, 3.8) is 0 Å². The molecule has 0 aliphatic carbocycles. The van der Waals surface area contributed by atoms with E-state index in [1.165, 1.54) is 6.92 Å². The number of alkyl halides is 3. The van der Waals surface area contributed by atoms with E-state index in [4.69, 9.17) is 54.4 Å². The molecule has 0 aromatic rings. The van der Waals surface area contributed by atoms with Gasteiger partial charge < -0.3 is 0 Å². The number of nitrogens with one attached hydrogen (secondary N) is 1. The number of halogens is 3. The molecule has 0 aromatic heterocycles. The Kier molecular flexibility index (Phi) is 9.87. The number of carbonyl (C=O) groups excluding carboxylic acids is 1. The SMILES string of the molecule is CC[C@H](C)C1OC(OC(=N)C(Cl)(Cl)Cl)C(OC(C)=O)[C@@H](C)[C@@H]1PBB=O. The fourth-order valence-electron chi connectivity index (χ4n) is 2.91. The van der Waals surface area contributed by atoms with Gasteiger partial charge in [0.2, 0.25) is 0 Å². The van der Waals surface area contributed by atoms with Crippen LogP contribution in [0.15, 0.2) is 0 Å². The summed E-state index contributed by atoms with van der Waals surface area (Å²) in [7, 11) is 1.20. The van der Waals surface area contributed by atoms with Crippen molar-refractivity contribution in [2.75, 3.05) is 0 Å². The van der Waals surface area contributed by atoms with Crippen LogP contribution < -0.4 is 0 Å². The molecule has 0 radical (unpaired) electrons. The molecule has 1 aliphatic rings. The molecule has 0 amide bonds. The molecule has 0 bridgehead atoms. The van der Waals surface area contributed by atoms with Crippen LogP contribution in [-0.2, 0) is 23.7 Å². The molecular weight excluding hydrogens is 421 g/mol. The number of hydrogen-bond acceptors (Lipinski definition) is 6. The van der Waals surface area contributed by atoms with Crippen LogP contribution in [0.1, 0.15) is 34.1 Å². The van der Waals surface area contributed by atoms with Gasteiger partial charge in [-0.25, -0.2) is 0 Å². The topological polar surface area (TPSA) is 85.7 Å². The van der Waals surface area contributed by atoms with Crippen molar-refractivity contribution in [2.45, 2.75) is 62.1 Å². The second-order valence-electron chi connectivity index (χ2n) is 6.33. The van der Waals surface area contributed by atoms with Gasteiger partial charge in [-0.2, -0.15) is 0 Å². The zero-order valence-electron chi connectivity index (χ0n) is 15.1. The molecule has 4 unspecified atom stereocenters. The van der Waals surface area contributed by atoms with E-state index in [0.717, 1.165) is 13.5 Å². The van der Waals surface area contributed by atoms with Gasteiger partial charge in [-0.15, -0.1) is 0 Å². The maximum atomic E-state index is 11.6. The molecule has 1 N–H and O–H groups in total. The first-order valence-electron chi connectivity index (χ1n) is 8.35. The third-order valence-electron chi connectivity index (χ3n) is 4.43. The number of rotatable bonds is 7. The van der Waals surface area contributed by atoms with Gasteiger partial charge in [-0.1, -0.05) is 0 Å². The van der Waals surface area contributed by atoms with Gasteiger partial charge in [-0.05, 0) is 0 Å². The van der Waals surface area contributed by atoms with Crippen LogP contribution in [0.2, 0.25) is 0 Å². The molecule has 1 aliphatic heterocycles. The molecule has 1 saturated heterocycles. The van der Waals surface area contributed by atoms with E-state index < -0.39 is 28.1 Å². The molecule has 6 nitrogen and oxygen atoms in total. The number of carbonyl (C=O) groups is 1. The summed E-state index contributed by atoms with van der Waals surface area (Å²) in [4.78, 5) is 11.6. The van der Waals surface area contributed by atoms with E-state index in [0.29, 0.717) is 15.3 Å². The Labute approximate surface area is 172 Å². The van der Waals surface area contributed by atoms with Crippen molar-refractivity contribution in [3.05, 3.63) is 0 Å². The Morgan fingerprint density at radius 3 is 2.50 bits per heavy atom. The van der Waals surface area contributed by atoms with E-state index >= 15 is 0 Å². The molecule has 146 valence electrons. The minimum atomic E-state index is -2.05. The van der Waals surface area contributed by atoms with E-state index in [2.05, 4.69) is 0 Å². The Hall–Kier alpha value is 0.130. The Morgan fingerprint density at radius 2 is 2.04 bits per heavy atom. The minimum absolute atomic E-state index is 0.0151. The third kappa shape index (κ3) is 6.63. The van der Waals surface area contributed by atoms with E-state index in [1.807, 2.05) is 20.8 Å². The molecule has 0 spiro atoms. The first-order chi connectivity index (χ1) is 12.0. The number of hydrogen-bond donors (Lipinski definition) is 1. The van der Waals surface area contributed by atoms with Crippen LogP contribution in [0.5, 0.6) is 0 Å². The summed E-state index contributed by atoms with van der Waals surface area (Å²) in [5.41, 5.74) is 0.0151. The van der Waals surface area contributed by atoms with Crippen LogP contribution in [-0.4, -0.2) is 53.7 Å². The van der Waals surface area contributed by atoms with Gasteiger partial charge in [0.1, 0.15) is 0 Å². The first-order valence-corrected chi connectivity index (χ1v) is 10.8. The Balaban J connectivity index is 3.14. The molecule has 7 atom stereocenters. The van der Waals surface area contributed by atoms with Gasteiger partial charge in [0, 0.05) is 0 Å². The zero-order chi connectivity index (χ0) is 20.1. The fraction of sp³-hybridized carbons (Fsp3) is 0.857. The fourth-order valence-corrected chi connectivity index (χ4v) is 4.61. The second-order valence-corrected chi connectivity index (χ2v) is 10.1. The summed E-state index contributed by atoms with van der Waals surface area (Å²) < 4.78 is 25.7. The van der Waals surface area contributed by atoms with Gasteiger partial charge >= 0.3 is 172 Å². The quantitative estimate of drug-likeness (QED) is 0.163. The van der Waals surface area contributed by atoms with Crippen molar-refractivity contribution >= 4 is 69.1 Å². The van der Waals surface area contributed by atoms with Crippen LogP contribution in [0.25, 0.3) is 0 Å². The molecular formula is C14H23B2Cl3NO5P. The molecule has 0 saturated carbocycles. The van der Waals surface area contributed by atoms with Gasteiger partial charge in [-0.3, -0.25) is 0 Å². The Bertz CT molecular complexity index is 525. The standard InChI is InChI=1S/C14H23B2Cl3NO5P/c1-5-6(2)9-11(26-16-15-22)7(3)10(23-8(4)21)12(24-9)25-13(20)14(17,18)19/h6-7,9-12,16,20,26H,5H2,1-4H3/t6-,7+,9?,10?,11-,12?/m0/s1. The van der Waals surface area contributed by atoms with Crippen molar-refractivity contribution in [3.8, 4) is 0 Å². The van der Waals surface area contributed by atoms with Crippen LogP contribution in [0.3, 0.4) is 0 Å². The van der Waals surface area contributed by atoms with Gasteiger partial charge in [0.25, 0.3) is 0 Å². The van der Waals surface area contributed by atoms with Gasteiger partial charge in [0.15, 0.2) is 0 Å². The summed E-state index contributed by atoms with van der Waals surface area (Å²) in [6, 6.07) is 0. The molecule has 0 aromatic carbocycles. The molecule has 1 rings (SSSR count). The summed E-state index contributed by atoms with van der Waals surface area (Å²) in [5.74, 6) is -1.08. The summed E-state index contributed by atoms with van der Waals surface area (Å²) in [5, 5.41) is 7.81. The predicted octanol–water partition coefficient (Wildman–Crippen LogP) is 3.05. The average Bonchev–Trinajstić information content (AvgIpc) is 2.54.